The van der Waals surface area contributed by atoms with Crippen molar-refractivity contribution in [2.45, 2.75) is 0 Å². The molecule has 10 rings (SSSR count). The van der Waals surface area contributed by atoms with E-state index in [1.54, 1.807) is 72.8 Å². The van der Waals surface area contributed by atoms with E-state index in [9.17, 15) is 19.2 Å². The molecule has 10 aromatic rings. The molecule has 2 aromatic heterocycles. The Morgan fingerprint density at radius 1 is 0.276 bits per heavy atom. The third kappa shape index (κ3) is 5.58. The zero-order valence-electron chi connectivity index (χ0n) is 31.0. The van der Waals surface area contributed by atoms with Gasteiger partial charge in [-0.25, -0.2) is 9.35 Å². The molecule has 0 amide bonds. The SMILES string of the molecule is O=C(C(=O)c1ccc(-c2cccc3c4ccccc4n(-n4c5ccccc5c5cccc(-c6ccc(C(=O)C(=O)c7ccccc7)cc6)c54)c23)cc1)c1ccccc1. The van der Waals surface area contributed by atoms with Gasteiger partial charge in [-0.15, -0.1) is 0 Å². The normalized spacial score (nSPS) is 11.4. The number of nitrogens with zero attached hydrogens (tertiary/aromatic N) is 2. The zero-order valence-corrected chi connectivity index (χ0v) is 31.0. The summed E-state index contributed by atoms with van der Waals surface area (Å²) in [5, 5.41) is 4.27. The lowest BCUT2D eigenvalue weighted by Crippen LogP contribution is -2.14. The molecule has 0 bridgehead atoms. The van der Waals surface area contributed by atoms with Crippen molar-refractivity contribution in [1.29, 1.82) is 0 Å². The van der Waals surface area contributed by atoms with Crippen LogP contribution in [0.3, 0.4) is 0 Å². The third-order valence-electron chi connectivity index (χ3n) is 10.9. The van der Waals surface area contributed by atoms with Gasteiger partial charge in [-0.05, 0) is 23.3 Å². The van der Waals surface area contributed by atoms with E-state index in [2.05, 4.69) is 70.0 Å². The average molecular weight is 749 g/mol. The summed E-state index contributed by atoms with van der Waals surface area (Å²) < 4.78 is 4.56. The Morgan fingerprint density at radius 2 is 0.586 bits per heavy atom. The first-order valence-corrected chi connectivity index (χ1v) is 19.0. The molecule has 0 fully saturated rings. The molecule has 0 saturated carbocycles. The largest absolute Gasteiger partial charge is 0.285 e. The van der Waals surface area contributed by atoms with Crippen LogP contribution in [0.5, 0.6) is 0 Å². The van der Waals surface area contributed by atoms with Crippen molar-refractivity contribution in [3.05, 3.63) is 216 Å². The van der Waals surface area contributed by atoms with Crippen molar-refractivity contribution in [3.63, 3.8) is 0 Å². The second-order valence-corrected chi connectivity index (χ2v) is 14.3. The van der Waals surface area contributed by atoms with Crippen LogP contribution in [0, 0.1) is 0 Å². The van der Waals surface area contributed by atoms with Gasteiger partial charge in [-0.3, -0.25) is 19.2 Å². The first kappa shape index (κ1) is 34.5. The van der Waals surface area contributed by atoms with E-state index in [1.807, 2.05) is 60.7 Å². The summed E-state index contributed by atoms with van der Waals surface area (Å²) in [6, 6.07) is 61.0. The van der Waals surface area contributed by atoms with Crippen LogP contribution in [0.25, 0.3) is 65.9 Å². The van der Waals surface area contributed by atoms with Crippen LogP contribution >= 0.6 is 0 Å². The molecule has 2 heterocycles. The van der Waals surface area contributed by atoms with Gasteiger partial charge in [-0.2, -0.15) is 0 Å². The van der Waals surface area contributed by atoms with Crippen LogP contribution in [-0.2, 0) is 0 Å². The molecule has 0 aliphatic carbocycles. The summed E-state index contributed by atoms with van der Waals surface area (Å²) in [7, 11) is 0. The summed E-state index contributed by atoms with van der Waals surface area (Å²) in [6.07, 6.45) is 0. The van der Waals surface area contributed by atoms with Crippen molar-refractivity contribution in [2.75, 3.05) is 0 Å². The van der Waals surface area contributed by atoms with Crippen LogP contribution in [0.4, 0.5) is 0 Å². The predicted molar refractivity (Wildman–Crippen MR) is 231 cm³/mol. The van der Waals surface area contributed by atoms with Gasteiger partial charge in [0, 0.05) is 54.9 Å². The molecule has 58 heavy (non-hydrogen) atoms. The van der Waals surface area contributed by atoms with Crippen LogP contribution in [0.1, 0.15) is 41.4 Å². The Balaban J connectivity index is 1.16. The molecule has 0 saturated heterocycles. The second kappa shape index (κ2) is 14.0. The number of para-hydroxylation sites is 4. The molecule has 0 atom stereocenters. The van der Waals surface area contributed by atoms with Gasteiger partial charge in [0.25, 0.3) is 0 Å². The van der Waals surface area contributed by atoms with Crippen LogP contribution < -0.4 is 0 Å². The number of ketones is 4. The molecule has 8 aromatic carbocycles. The lowest BCUT2D eigenvalue weighted by Gasteiger charge is -2.17. The number of hydrogen-bond acceptors (Lipinski definition) is 4. The van der Waals surface area contributed by atoms with Gasteiger partial charge in [0.2, 0.25) is 23.1 Å². The van der Waals surface area contributed by atoms with E-state index >= 15 is 0 Å². The highest BCUT2D eigenvalue weighted by atomic mass is 16.2. The van der Waals surface area contributed by atoms with Crippen molar-refractivity contribution in [3.8, 4) is 22.3 Å². The number of fused-ring (bicyclic) bond motifs is 6. The molecule has 6 heteroatoms. The van der Waals surface area contributed by atoms with Gasteiger partial charge >= 0.3 is 0 Å². The van der Waals surface area contributed by atoms with Gasteiger partial charge < -0.3 is 0 Å². The zero-order chi connectivity index (χ0) is 39.3. The fourth-order valence-corrected chi connectivity index (χ4v) is 8.18. The summed E-state index contributed by atoms with van der Waals surface area (Å²) in [5.41, 5.74) is 9.03. The van der Waals surface area contributed by atoms with Gasteiger partial charge in [-0.1, -0.05) is 182 Å². The minimum absolute atomic E-state index is 0.328. The fraction of sp³-hybridized carbons (Fsp3) is 0. The highest BCUT2D eigenvalue weighted by Gasteiger charge is 2.24. The van der Waals surface area contributed by atoms with E-state index in [0.29, 0.717) is 22.3 Å². The van der Waals surface area contributed by atoms with E-state index in [1.165, 1.54) is 0 Å². The lowest BCUT2D eigenvalue weighted by atomic mass is 9.97. The van der Waals surface area contributed by atoms with Crippen LogP contribution in [0.15, 0.2) is 194 Å². The highest BCUT2D eigenvalue weighted by Crippen LogP contribution is 2.41. The topological polar surface area (TPSA) is 78.1 Å². The molecule has 0 unspecified atom stereocenters. The Bertz CT molecular complexity index is 3040. The van der Waals surface area contributed by atoms with Crippen LogP contribution in [0.2, 0.25) is 0 Å². The molecule has 0 aliphatic rings. The summed E-state index contributed by atoms with van der Waals surface area (Å²) >= 11 is 0. The van der Waals surface area contributed by atoms with E-state index in [-0.39, 0.29) is 0 Å². The number of carbonyl (C=O) groups is 4. The predicted octanol–water partition coefficient (Wildman–Crippen LogP) is 11.7. The van der Waals surface area contributed by atoms with E-state index in [4.69, 9.17) is 0 Å². The maximum atomic E-state index is 13.3. The molecular formula is C52H32N2O4. The van der Waals surface area contributed by atoms with Crippen molar-refractivity contribution < 1.29 is 19.2 Å². The molecule has 274 valence electrons. The lowest BCUT2D eigenvalue weighted by molar-refractivity contribution is 0.0817. The van der Waals surface area contributed by atoms with Gasteiger partial charge in [0.05, 0.1) is 22.1 Å². The van der Waals surface area contributed by atoms with Crippen molar-refractivity contribution >= 4 is 66.7 Å². The maximum Gasteiger partial charge on any atom is 0.233 e. The first-order chi connectivity index (χ1) is 28.5. The molecule has 0 radical (unpaired) electrons. The molecule has 0 aliphatic heterocycles. The third-order valence-corrected chi connectivity index (χ3v) is 10.9. The maximum absolute atomic E-state index is 13.3. The number of aromatic nitrogens is 2. The average Bonchev–Trinajstić information content (AvgIpc) is 3.81. The van der Waals surface area contributed by atoms with Crippen molar-refractivity contribution in [2.24, 2.45) is 0 Å². The Hall–Kier alpha value is -7.96. The molecule has 0 spiro atoms. The van der Waals surface area contributed by atoms with E-state index < -0.39 is 23.1 Å². The Kier molecular flexibility index (Phi) is 8.31. The smallest absolute Gasteiger partial charge is 0.233 e. The Morgan fingerprint density at radius 3 is 0.966 bits per heavy atom. The van der Waals surface area contributed by atoms with Gasteiger partial charge in [0.1, 0.15) is 0 Å². The van der Waals surface area contributed by atoms with E-state index in [0.717, 1.165) is 65.9 Å². The summed E-state index contributed by atoms with van der Waals surface area (Å²) in [6.45, 7) is 0. The number of carbonyl (C=O) groups excluding carboxylic acids is 4. The fourth-order valence-electron chi connectivity index (χ4n) is 8.18. The first-order valence-electron chi connectivity index (χ1n) is 19.0. The molecular weight excluding hydrogens is 717 g/mol. The Labute approximate surface area is 332 Å². The number of hydrogen-bond donors (Lipinski definition) is 0. The highest BCUT2D eigenvalue weighted by molar-refractivity contribution is 6.49. The number of rotatable bonds is 9. The van der Waals surface area contributed by atoms with Crippen LogP contribution in [-0.4, -0.2) is 32.5 Å². The summed E-state index contributed by atoms with van der Waals surface area (Å²) in [5.74, 6) is -2.19. The minimum Gasteiger partial charge on any atom is -0.285 e. The number of Topliss-reactive ketones (excluding diaryl/α,β-unsaturated/α-hetero) is 4. The van der Waals surface area contributed by atoms with Gasteiger partial charge in [0.15, 0.2) is 0 Å². The quantitative estimate of drug-likeness (QED) is 0.109. The molecule has 6 nitrogen and oxygen atoms in total. The second-order valence-electron chi connectivity index (χ2n) is 14.3. The monoisotopic (exact) mass is 748 g/mol. The van der Waals surface area contributed by atoms with Crippen molar-refractivity contribution in [1.82, 2.24) is 9.35 Å². The summed E-state index contributed by atoms with van der Waals surface area (Å²) in [4.78, 5) is 52.6. The molecule has 0 N–H and O–H groups in total. The minimum atomic E-state index is -0.553. The number of benzene rings is 8. The standard InChI is InChI=1S/C52H32N2O4/c55-49(35-13-3-1-4-14-35)51(57)37-29-25-33(26-30-37)39-19-11-21-43-41-17-7-9-23-45(41)53(47(39)43)54-46-24-10-8-18-42(46)44-22-12-20-40(48(44)54)34-27-31-38(32-28-34)52(58)50(56)36-15-5-2-6-16-36/h1-32H.